The summed E-state index contributed by atoms with van der Waals surface area (Å²) in [5.74, 6) is -0.722. The van der Waals surface area contributed by atoms with Crippen LogP contribution in [0.25, 0.3) is 11.4 Å². The summed E-state index contributed by atoms with van der Waals surface area (Å²) in [7, 11) is 0. The van der Waals surface area contributed by atoms with Gasteiger partial charge >= 0.3 is 6.36 Å². The molecule has 1 saturated carbocycles. The Balaban J connectivity index is 1.40. The van der Waals surface area contributed by atoms with E-state index in [9.17, 15) is 22.4 Å². The standard InChI is InChI=1S/C25H22F4N3O3/c1-24(9-10-24)23(33)32-13-17(15-5-7-20(8-6-15)34-25(27,28)29)11-18(14-32)22-30-21(31-35-22)16-3-2-4-19(26)12-16/h2-8,12,17-18H,1,9-11,13-14H2. The molecular weight excluding hydrogens is 466 g/mol. The lowest BCUT2D eigenvalue weighted by molar-refractivity contribution is -0.274. The first-order chi connectivity index (χ1) is 16.6. The summed E-state index contributed by atoms with van der Waals surface area (Å²) in [5, 5.41) is 3.99. The van der Waals surface area contributed by atoms with E-state index in [1.807, 2.05) is 0 Å². The highest BCUT2D eigenvalue weighted by molar-refractivity contribution is 5.86. The van der Waals surface area contributed by atoms with Gasteiger partial charge in [0.15, 0.2) is 0 Å². The van der Waals surface area contributed by atoms with Crippen molar-refractivity contribution in [3.05, 3.63) is 72.7 Å². The minimum atomic E-state index is -4.77. The van der Waals surface area contributed by atoms with Crippen molar-refractivity contribution in [1.29, 1.82) is 0 Å². The number of likely N-dealkylation sites (tertiary alicyclic amines) is 1. The fourth-order valence-corrected chi connectivity index (χ4v) is 4.47. The molecule has 5 rings (SSSR count). The molecule has 2 atom stereocenters. The van der Waals surface area contributed by atoms with Crippen molar-refractivity contribution in [2.75, 3.05) is 13.1 Å². The van der Waals surface area contributed by atoms with E-state index >= 15 is 0 Å². The second kappa shape index (κ2) is 8.66. The number of nitrogens with zero attached hydrogens (tertiary/aromatic N) is 3. The number of ether oxygens (including phenoxy) is 1. The molecule has 2 unspecified atom stereocenters. The van der Waals surface area contributed by atoms with Gasteiger partial charge in [0.05, 0.1) is 5.92 Å². The van der Waals surface area contributed by atoms with Gasteiger partial charge in [-0.1, -0.05) is 29.4 Å². The van der Waals surface area contributed by atoms with Gasteiger partial charge in [-0.2, -0.15) is 4.98 Å². The van der Waals surface area contributed by atoms with Crippen LogP contribution in [0.4, 0.5) is 17.6 Å². The Kier molecular flexibility index (Phi) is 5.77. The highest BCUT2D eigenvalue weighted by Gasteiger charge is 2.49. The number of amides is 1. The van der Waals surface area contributed by atoms with E-state index in [2.05, 4.69) is 21.8 Å². The lowest BCUT2D eigenvalue weighted by Gasteiger charge is -2.38. The Bertz CT molecular complexity index is 1220. The molecule has 0 N–H and O–H groups in total. The lowest BCUT2D eigenvalue weighted by atomic mass is 9.83. The fourth-order valence-electron chi connectivity index (χ4n) is 4.47. The molecular formula is C25H22F4N3O3. The van der Waals surface area contributed by atoms with E-state index in [0.29, 0.717) is 43.8 Å². The molecule has 2 heterocycles. The Morgan fingerprint density at radius 1 is 1.11 bits per heavy atom. The summed E-state index contributed by atoms with van der Waals surface area (Å²) in [6, 6.07) is 11.5. The predicted molar refractivity (Wildman–Crippen MR) is 117 cm³/mol. The van der Waals surface area contributed by atoms with Crippen LogP contribution in [0.2, 0.25) is 0 Å². The third-order valence-electron chi connectivity index (χ3n) is 6.50. The molecule has 0 bridgehead atoms. The monoisotopic (exact) mass is 488 g/mol. The molecule has 1 aliphatic carbocycles. The second-order valence-corrected chi connectivity index (χ2v) is 9.20. The molecule has 0 spiro atoms. The molecule has 2 aliphatic rings. The summed E-state index contributed by atoms with van der Waals surface area (Å²) in [5.41, 5.74) is 0.606. The van der Waals surface area contributed by atoms with Crippen molar-refractivity contribution in [1.82, 2.24) is 15.0 Å². The molecule has 10 heteroatoms. The lowest BCUT2D eigenvalue weighted by Crippen LogP contribution is -2.45. The maximum atomic E-state index is 13.6. The van der Waals surface area contributed by atoms with Crippen LogP contribution in [0.1, 0.15) is 42.6 Å². The smallest absolute Gasteiger partial charge is 0.406 e. The van der Waals surface area contributed by atoms with Crippen LogP contribution >= 0.6 is 0 Å². The number of benzene rings is 2. The van der Waals surface area contributed by atoms with Crippen molar-refractivity contribution in [2.24, 2.45) is 5.41 Å². The van der Waals surface area contributed by atoms with Crippen LogP contribution in [0.5, 0.6) is 5.75 Å². The predicted octanol–water partition coefficient (Wildman–Crippen LogP) is 5.49. The minimum absolute atomic E-state index is 0.0610. The van der Waals surface area contributed by atoms with Gasteiger partial charge in [-0.05, 0) is 56.0 Å². The molecule has 2 aromatic carbocycles. The van der Waals surface area contributed by atoms with Gasteiger partial charge in [0.1, 0.15) is 11.6 Å². The van der Waals surface area contributed by atoms with Crippen molar-refractivity contribution in [3.63, 3.8) is 0 Å². The number of rotatable bonds is 5. The van der Waals surface area contributed by atoms with E-state index in [-0.39, 0.29) is 29.3 Å². The first kappa shape index (κ1) is 23.3. The molecule has 6 nitrogen and oxygen atoms in total. The van der Waals surface area contributed by atoms with E-state index < -0.39 is 17.6 Å². The highest BCUT2D eigenvalue weighted by atomic mass is 19.4. The van der Waals surface area contributed by atoms with E-state index in [1.54, 1.807) is 29.2 Å². The van der Waals surface area contributed by atoms with E-state index in [0.717, 1.165) is 5.56 Å². The molecule has 1 aliphatic heterocycles. The Hall–Kier alpha value is -3.43. The molecule has 35 heavy (non-hydrogen) atoms. The number of hydrogen-bond acceptors (Lipinski definition) is 5. The third-order valence-corrected chi connectivity index (χ3v) is 6.50. The molecule has 1 aromatic heterocycles. The zero-order valence-electron chi connectivity index (χ0n) is 18.6. The van der Waals surface area contributed by atoms with Gasteiger partial charge in [-0.15, -0.1) is 13.2 Å². The zero-order chi connectivity index (χ0) is 24.8. The molecule has 3 aromatic rings. The van der Waals surface area contributed by atoms with Crippen molar-refractivity contribution in [3.8, 4) is 17.1 Å². The van der Waals surface area contributed by atoms with Gasteiger partial charge in [0.2, 0.25) is 17.6 Å². The Morgan fingerprint density at radius 3 is 2.49 bits per heavy atom. The number of aromatic nitrogens is 2. The van der Waals surface area contributed by atoms with E-state index in [1.165, 1.54) is 24.3 Å². The van der Waals surface area contributed by atoms with Crippen LogP contribution in [0.15, 0.2) is 53.1 Å². The minimum Gasteiger partial charge on any atom is -0.406 e. The molecule has 1 amide bonds. The Morgan fingerprint density at radius 2 is 1.83 bits per heavy atom. The van der Waals surface area contributed by atoms with Crippen LogP contribution in [0.3, 0.4) is 0 Å². The van der Waals surface area contributed by atoms with Crippen LogP contribution < -0.4 is 4.74 Å². The first-order valence-corrected chi connectivity index (χ1v) is 11.2. The van der Waals surface area contributed by atoms with E-state index in [4.69, 9.17) is 4.52 Å². The number of halogens is 4. The fraction of sp³-hybridized carbons (Fsp3) is 0.360. The van der Waals surface area contributed by atoms with Crippen molar-refractivity contribution >= 4 is 5.91 Å². The average molecular weight is 488 g/mol. The third kappa shape index (κ3) is 5.16. The second-order valence-electron chi connectivity index (χ2n) is 9.20. The number of hydrogen-bond donors (Lipinski definition) is 0. The number of carbonyl (C=O) groups excluding carboxylic acids is 1. The van der Waals surface area contributed by atoms with Crippen LogP contribution in [-0.4, -0.2) is 40.4 Å². The maximum Gasteiger partial charge on any atom is 0.573 e. The first-order valence-electron chi connectivity index (χ1n) is 11.2. The normalized spacial score (nSPS) is 21.6. The summed E-state index contributed by atoms with van der Waals surface area (Å²) in [6.07, 6.45) is -2.81. The average Bonchev–Trinajstić information content (AvgIpc) is 3.37. The SMILES string of the molecule is [CH2]C1(C(=O)N2CC(c3ccc(OC(F)(F)F)cc3)CC(c3nc(-c4cccc(F)c4)no3)C2)CC1. The molecule has 1 radical (unpaired) electrons. The molecule has 1 saturated heterocycles. The number of carbonyl (C=O) groups is 1. The quantitative estimate of drug-likeness (QED) is 0.445. The van der Waals surface area contributed by atoms with Crippen molar-refractivity contribution < 1.29 is 31.6 Å². The number of piperidine rings is 1. The van der Waals surface area contributed by atoms with Crippen LogP contribution in [0, 0.1) is 18.2 Å². The summed E-state index contributed by atoms with van der Waals surface area (Å²) < 4.78 is 60.7. The van der Waals surface area contributed by atoms with Gasteiger partial charge in [0, 0.05) is 30.0 Å². The molecule has 2 fully saturated rings. The van der Waals surface area contributed by atoms with Gasteiger partial charge in [0.25, 0.3) is 0 Å². The summed E-state index contributed by atoms with van der Waals surface area (Å²) in [4.78, 5) is 19.3. The summed E-state index contributed by atoms with van der Waals surface area (Å²) in [6.45, 7) is 4.80. The van der Waals surface area contributed by atoms with Gasteiger partial charge in [-0.25, -0.2) is 4.39 Å². The van der Waals surface area contributed by atoms with Crippen LogP contribution in [-0.2, 0) is 4.79 Å². The van der Waals surface area contributed by atoms with Gasteiger partial charge < -0.3 is 14.2 Å². The van der Waals surface area contributed by atoms with Crippen molar-refractivity contribution in [2.45, 2.75) is 37.5 Å². The highest BCUT2D eigenvalue weighted by Crippen LogP contribution is 2.48. The largest absolute Gasteiger partial charge is 0.573 e. The topological polar surface area (TPSA) is 68.5 Å². The maximum absolute atomic E-state index is 13.6. The zero-order valence-corrected chi connectivity index (χ0v) is 18.6. The van der Waals surface area contributed by atoms with Gasteiger partial charge in [-0.3, -0.25) is 4.79 Å². The Labute approximate surface area is 198 Å². The summed E-state index contributed by atoms with van der Waals surface area (Å²) >= 11 is 0. The number of alkyl halides is 3. The molecule has 183 valence electrons.